The first-order valence-corrected chi connectivity index (χ1v) is 8.37. The van der Waals surface area contributed by atoms with Gasteiger partial charge in [0.1, 0.15) is 11.5 Å². The predicted molar refractivity (Wildman–Crippen MR) is 95.2 cm³/mol. The van der Waals surface area contributed by atoms with E-state index < -0.39 is 4.92 Å². The average molecular weight is 356 g/mol. The maximum atomic E-state index is 12.3. The molecule has 3 rings (SSSR count). The van der Waals surface area contributed by atoms with Crippen LogP contribution in [-0.2, 0) is 4.79 Å². The number of nitro benzene ring substituents is 1. The van der Waals surface area contributed by atoms with Crippen molar-refractivity contribution in [1.29, 1.82) is 0 Å². The number of hydrogen-bond acceptors (Lipinski definition) is 5. The van der Waals surface area contributed by atoms with Crippen molar-refractivity contribution in [3.05, 3.63) is 64.2 Å². The third kappa shape index (κ3) is 4.50. The molecule has 0 bridgehead atoms. The monoisotopic (exact) mass is 356 g/mol. The molecule has 1 N–H and O–H groups in total. The van der Waals surface area contributed by atoms with Crippen molar-refractivity contribution in [2.24, 2.45) is 5.92 Å². The van der Waals surface area contributed by atoms with E-state index in [1.165, 1.54) is 24.3 Å². The topological polar surface area (TPSA) is 90.7 Å². The molecule has 1 unspecified atom stereocenters. The van der Waals surface area contributed by atoms with E-state index in [2.05, 4.69) is 5.32 Å². The SMILES string of the molecule is COc1ccc(C(NC(=O)COc2ccc([N+](=O)[O-])cc2)C2CC2)cc1. The number of methoxy groups -OCH3 is 1. The lowest BCUT2D eigenvalue weighted by atomic mass is 10.0. The highest BCUT2D eigenvalue weighted by molar-refractivity contribution is 5.78. The van der Waals surface area contributed by atoms with Crippen LogP contribution in [0.3, 0.4) is 0 Å². The summed E-state index contributed by atoms with van der Waals surface area (Å²) < 4.78 is 10.6. The van der Waals surface area contributed by atoms with E-state index in [0.717, 1.165) is 24.2 Å². The normalized spacial score (nSPS) is 14.3. The van der Waals surface area contributed by atoms with E-state index in [4.69, 9.17) is 9.47 Å². The number of carbonyl (C=O) groups is 1. The van der Waals surface area contributed by atoms with Gasteiger partial charge in [0.15, 0.2) is 6.61 Å². The molecule has 0 aromatic heterocycles. The number of carbonyl (C=O) groups excluding carboxylic acids is 1. The Morgan fingerprint density at radius 3 is 2.31 bits per heavy atom. The van der Waals surface area contributed by atoms with E-state index in [0.29, 0.717) is 11.7 Å². The van der Waals surface area contributed by atoms with E-state index in [1.54, 1.807) is 7.11 Å². The number of ether oxygens (including phenoxy) is 2. The zero-order valence-corrected chi connectivity index (χ0v) is 14.4. The van der Waals surface area contributed by atoms with Crippen LogP contribution in [-0.4, -0.2) is 24.5 Å². The molecule has 1 saturated carbocycles. The molecule has 1 atom stereocenters. The van der Waals surface area contributed by atoms with Crippen molar-refractivity contribution in [3.8, 4) is 11.5 Å². The first-order valence-electron chi connectivity index (χ1n) is 8.37. The predicted octanol–water partition coefficient (Wildman–Crippen LogP) is 3.25. The number of nitro groups is 1. The van der Waals surface area contributed by atoms with Gasteiger partial charge >= 0.3 is 0 Å². The quantitative estimate of drug-likeness (QED) is 0.579. The standard InChI is InChI=1S/C19H20N2O5/c1-25-16-8-4-14(5-9-16)19(13-2-3-13)20-18(22)12-26-17-10-6-15(7-11-17)21(23)24/h4-11,13,19H,2-3,12H2,1H3,(H,20,22). The zero-order valence-electron chi connectivity index (χ0n) is 14.4. The van der Waals surface area contributed by atoms with Crippen LogP contribution in [0.1, 0.15) is 24.4 Å². The fraction of sp³-hybridized carbons (Fsp3) is 0.316. The highest BCUT2D eigenvalue weighted by Gasteiger charge is 2.33. The Bertz CT molecular complexity index is 770. The molecule has 0 aliphatic heterocycles. The number of hydrogen-bond donors (Lipinski definition) is 1. The Kier molecular flexibility index (Phi) is 5.36. The molecular weight excluding hydrogens is 336 g/mol. The summed E-state index contributed by atoms with van der Waals surface area (Å²) >= 11 is 0. The molecule has 1 amide bonds. The summed E-state index contributed by atoms with van der Waals surface area (Å²) in [4.78, 5) is 22.4. The van der Waals surface area contributed by atoms with Crippen LogP contribution in [0.4, 0.5) is 5.69 Å². The third-order valence-electron chi connectivity index (χ3n) is 4.30. The van der Waals surface area contributed by atoms with Gasteiger partial charge in [0.25, 0.3) is 11.6 Å². The Morgan fingerprint density at radius 2 is 1.77 bits per heavy atom. The van der Waals surface area contributed by atoms with Crippen molar-refractivity contribution in [2.75, 3.05) is 13.7 Å². The van der Waals surface area contributed by atoms with Crippen LogP contribution in [0.25, 0.3) is 0 Å². The van der Waals surface area contributed by atoms with Gasteiger partial charge in [0, 0.05) is 12.1 Å². The fourth-order valence-electron chi connectivity index (χ4n) is 2.74. The lowest BCUT2D eigenvalue weighted by molar-refractivity contribution is -0.384. The number of non-ortho nitro benzene ring substituents is 1. The van der Waals surface area contributed by atoms with Crippen LogP contribution in [0, 0.1) is 16.0 Å². The highest BCUT2D eigenvalue weighted by atomic mass is 16.6. The Hall–Kier alpha value is -3.09. The fourth-order valence-corrected chi connectivity index (χ4v) is 2.74. The van der Waals surface area contributed by atoms with Crippen molar-refractivity contribution in [2.45, 2.75) is 18.9 Å². The molecule has 2 aromatic carbocycles. The molecule has 0 spiro atoms. The minimum absolute atomic E-state index is 0.0184. The van der Waals surface area contributed by atoms with E-state index >= 15 is 0 Å². The summed E-state index contributed by atoms with van der Waals surface area (Å²) in [6.07, 6.45) is 2.17. The van der Waals surface area contributed by atoms with Gasteiger partial charge in [-0.05, 0) is 48.6 Å². The molecule has 0 saturated heterocycles. The highest BCUT2D eigenvalue weighted by Crippen LogP contribution is 2.41. The number of rotatable bonds is 8. The van der Waals surface area contributed by atoms with Crippen molar-refractivity contribution in [1.82, 2.24) is 5.32 Å². The molecule has 136 valence electrons. The molecule has 7 nitrogen and oxygen atoms in total. The zero-order chi connectivity index (χ0) is 18.5. The maximum Gasteiger partial charge on any atom is 0.269 e. The van der Waals surface area contributed by atoms with E-state index in [9.17, 15) is 14.9 Å². The van der Waals surface area contributed by atoms with E-state index in [-0.39, 0.29) is 24.2 Å². The molecule has 1 aliphatic rings. The van der Waals surface area contributed by atoms with Crippen molar-refractivity contribution >= 4 is 11.6 Å². The summed E-state index contributed by atoms with van der Waals surface area (Å²) in [7, 11) is 1.62. The number of benzene rings is 2. The smallest absolute Gasteiger partial charge is 0.269 e. The lowest BCUT2D eigenvalue weighted by Crippen LogP contribution is -2.33. The summed E-state index contributed by atoms with van der Waals surface area (Å²) in [5.41, 5.74) is 1.02. The van der Waals surface area contributed by atoms with Crippen LogP contribution >= 0.6 is 0 Å². The summed E-state index contributed by atoms with van der Waals surface area (Å²) in [6, 6.07) is 13.3. The molecule has 1 fully saturated rings. The largest absolute Gasteiger partial charge is 0.497 e. The second-order valence-electron chi connectivity index (χ2n) is 6.20. The van der Waals surface area contributed by atoms with E-state index in [1.807, 2.05) is 24.3 Å². The second kappa shape index (κ2) is 7.86. The Balaban J connectivity index is 1.57. The number of nitrogens with zero attached hydrogens (tertiary/aromatic N) is 1. The molecule has 0 heterocycles. The van der Waals surface area contributed by atoms with Crippen LogP contribution < -0.4 is 14.8 Å². The minimum Gasteiger partial charge on any atom is -0.497 e. The summed E-state index contributed by atoms with van der Waals surface area (Å²) in [5.74, 6) is 1.40. The number of nitrogens with one attached hydrogen (secondary N) is 1. The van der Waals surface area contributed by atoms with Gasteiger partial charge in [0.05, 0.1) is 18.1 Å². The molecule has 1 aliphatic carbocycles. The van der Waals surface area contributed by atoms with Crippen molar-refractivity contribution < 1.29 is 19.2 Å². The van der Waals surface area contributed by atoms with Gasteiger partial charge in [0.2, 0.25) is 0 Å². The minimum atomic E-state index is -0.481. The average Bonchev–Trinajstić information content (AvgIpc) is 3.50. The molecular formula is C19H20N2O5. The summed E-state index contributed by atoms with van der Waals surface area (Å²) in [5, 5.41) is 13.7. The van der Waals surface area contributed by atoms with Crippen LogP contribution in [0.15, 0.2) is 48.5 Å². The second-order valence-corrected chi connectivity index (χ2v) is 6.20. The molecule has 2 aromatic rings. The molecule has 0 radical (unpaired) electrons. The van der Waals surface area contributed by atoms with Crippen molar-refractivity contribution in [3.63, 3.8) is 0 Å². The first-order chi connectivity index (χ1) is 12.6. The Labute approximate surface area is 151 Å². The molecule has 7 heteroatoms. The van der Waals surface area contributed by atoms with Gasteiger partial charge in [-0.25, -0.2) is 0 Å². The van der Waals surface area contributed by atoms with Gasteiger partial charge in [-0.3, -0.25) is 14.9 Å². The molecule has 26 heavy (non-hydrogen) atoms. The van der Waals surface area contributed by atoms with Crippen LogP contribution in [0.2, 0.25) is 0 Å². The summed E-state index contributed by atoms with van der Waals surface area (Å²) in [6.45, 7) is -0.142. The van der Waals surface area contributed by atoms with Gasteiger partial charge < -0.3 is 14.8 Å². The lowest BCUT2D eigenvalue weighted by Gasteiger charge is -2.19. The number of amides is 1. The van der Waals surface area contributed by atoms with Crippen LogP contribution in [0.5, 0.6) is 11.5 Å². The van der Waals surface area contributed by atoms with Gasteiger partial charge in [-0.15, -0.1) is 0 Å². The Morgan fingerprint density at radius 1 is 1.15 bits per heavy atom. The third-order valence-corrected chi connectivity index (χ3v) is 4.30. The van der Waals surface area contributed by atoms with Gasteiger partial charge in [-0.2, -0.15) is 0 Å². The maximum absolute atomic E-state index is 12.3. The first kappa shape index (κ1) is 17.7. The van der Waals surface area contributed by atoms with Gasteiger partial charge in [-0.1, -0.05) is 12.1 Å².